The number of methoxy groups -OCH3 is 1. The number of fused-ring (bicyclic) bond motifs is 5. The number of benzene rings is 2. The Balaban J connectivity index is 1.58. The molecule has 3 heterocycles. The normalized spacial score (nSPS) is 27.6. The van der Waals surface area contributed by atoms with E-state index in [2.05, 4.69) is 0 Å². The van der Waals surface area contributed by atoms with E-state index in [1.807, 2.05) is 0 Å². The molecule has 2 aromatic rings. The predicted molar refractivity (Wildman–Crippen MR) is 107 cm³/mol. The number of rotatable bonds is 4. The third-order valence-electron chi connectivity index (χ3n) is 6.08. The van der Waals surface area contributed by atoms with Crippen molar-refractivity contribution in [1.29, 1.82) is 0 Å². The summed E-state index contributed by atoms with van der Waals surface area (Å²) in [6.07, 6.45) is 1.02. The number of hydrogen-bond acceptors (Lipinski definition) is 6. The molecule has 156 valence electrons. The van der Waals surface area contributed by atoms with Crippen LogP contribution in [0.1, 0.15) is 12.8 Å². The van der Waals surface area contributed by atoms with Crippen molar-refractivity contribution in [2.45, 2.75) is 34.8 Å². The van der Waals surface area contributed by atoms with E-state index in [0.29, 0.717) is 5.02 Å². The maximum absolute atomic E-state index is 13.1. The van der Waals surface area contributed by atoms with Crippen LogP contribution in [0.25, 0.3) is 0 Å². The van der Waals surface area contributed by atoms with Gasteiger partial charge < -0.3 is 9.47 Å². The van der Waals surface area contributed by atoms with Crippen molar-refractivity contribution in [3.63, 3.8) is 0 Å². The summed E-state index contributed by atoms with van der Waals surface area (Å²) in [6, 6.07) is 9.99. The fourth-order valence-electron chi connectivity index (χ4n) is 4.68. The van der Waals surface area contributed by atoms with Gasteiger partial charge in [-0.15, -0.1) is 0 Å². The van der Waals surface area contributed by atoms with E-state index in [1.165, 1.54) is 49.6 Å². The lowest BCUT2D eigenvalue weighted by molar-refractivity contribution is -0.124. The first kappa shape index (κ1) is 19.5. The SMILES string of the molecule is COc1cc(N2C(=O)[C@@H]3[C@@H](C2=O)[C@H]2CC[C@@H]3O2)cc(S(=O)(=O)c2ccc(Cl)cc2)c1. The van der Waals surface area contributed by atoms with Gasteiger partial charge in [-0.3, -0.25) is 9.59 Å². The average Bonchev–Trinajstić information content (AvgIpc) is 3.41. The lowest BCUT2D eigenvalue weighted by Gasteiger charge is -2.19. The number of amides is 2. The number of halogens is 1. The van der Waals surface area contributed by atoms with Crippen LogP contribution in [0.2, 0.25) is 5.02 Å². The van der Waals surface area contributed by atoms with Crippen molar-refractivity contribution in [1.82, 2.24) is 0 Å². The van der Waals surface area contributed by atoms with Gasteiger partial charge in [0.15, 0.2) is 0 Å². The molecule has 0 aliphatic carbocycles. The highest BCUT2D eigenvalue weighted by molar-refractivity contribution is 7.91. The molecule has 3 saturated heterocycles. The minimum atomic E-state index is -3.92. The van der Waals surface area contributed by atoms with Gasteiger partial charge in [-0.25, -0.2) is 13.3 Å². The van der Waals surface area contributed by atoms with Crippen LogP contribution in [-0.4, -0.2) is 39.5 Å². The maximum Gasteiger partial charge on any atom is 0.240 e. The van der Waals surface area contributed by atoms with Crippen LogP contribution in [0.4, 0.5) is 5.69 Å². The second-order valence-corrected chi connectivity index (χ2v) is 10.1. The molecule has 2 bridgehead atoms. The van der Waals surface area contributed by atoms with E-state index in [0.717, 1.165) is 17.7 Å². The molecule has 0 spiro atoms. The number of sulfone groups is 1. The summed E-state index contributed by atoms with van der Waals surface area (Å²) in [5.74, 6) is -1.46. The van der Waals surface area contributed by atoms with Crippen molar-refractivity contribution in [2.24, 2.45) is 11.8 Å². The molecule has 7 nitrogen and oxygen atoms in total. The monoisotopic (exact) mass is 447 g/mol. The minimum absolute atomic E-state index is 0.0495. The third-order valence-corrected chi connectivity index (χ3v) is 8.08. The standard InChI is InChI=1S/C21H18ClNO6S/c1-28-13-8-12(9-15(10-13)30(26,27)14-4-2-11(22)3-5-14)23-20(24)18-16-6-7-17(29-16)19(18)21(23)25/h2-5,8-10,16-19H,6-7H2,1H3/t16-,17+,18-,19-/m0/s1. The number of imide groups is 1. The fraction of sp³-hybridized carbons (Fsp3) is 0.333. The van der Waals surface area contributed by atoms with Gasteiger partial charge in [0.2, 0.25) is 21.7 Å². The Morgan fingerprint density at radius 3 is 2.13 bits per heavy atom. The first-order valence-electron chi connectivity index (χ1n) is 9.54. The fourth-order valence-corrected chi connectivity index (χ4v) is 6.11. The first-order valence-corrected chi connectivity index (χ1v) is 11.4. The van der Waals surface area contributed by atoms with E-state index >= 15 is 0 Å². The molecule has 0 radical (unpaired) electrons. The molecule has 30 heavy (non-hydrogen) atoms. The van der Waals surface area contributed by atoms with E-state index < -0.39 is 21.7 Å². The number of carbonyl (C=O) groups excluding carboxylic acids is 2. The maximum atomic E-state index is 13.1. The van der Waals surface area contributed by atoms with Crippen LogP contribution in [0.5, 0.6) is 5.75 Å². The van der Waals surface area contributed by atoms with Crippen molar-refractivity contribution < 1.29 is 27.5 Å². The second kappa shape index (κ2) is 6.80. The molecule has 9 heteroatoms. The zero-order chi connectivity index (χ0) is 21.2. The molecule has 3 aliphatic heterocycles. The Labute approximate surface area is 178 Å². The van der Waals surface area contributed by atoms with Gasteiger partial charge in [0.1, 0.15) is 5.75 Å². The molecule has 4 atom stereocenters. The largest absolute Gasteiger partial charge is 0.497 e. The molecule has 5 rings (SSSR count). The minimum Gasteiger partial charge on any atom is -0.497 e. The van der Waals surface area contributed by atoms with E-state index in [4.69, 9.17) is 21.1 Å². The molecule has 2 aromatic carbocycles. The number of anilines is 1. The van der Waals surface area contributed by atoms with Gasteiger partial charge in [-0.1, -0.05) is 11.6 Å². The molecule has 3 fully saturated rings. The highest BCUT2D eigenvalue weighted by atomic mass is 35.5. The number of carbonyl (C=O) groups is 2. The Kier molecular flexibility index (Phi) is 4.43. The van der Waals surface area contributed by atoms with Crippen molar-refractivity contribution in [3.8, 4) is 5.75 Å². The van der Waals surface area contributed by atoms with Crippen LogP contribution in [-0.2, 0) is 24.2 Å². The first-order chi connectivity index (χ1) is 14.3. The van der Waals surface area contributed by atoms with Crippen molar-refractivity contribution in [3.05, 3.63) is 47.5 Å². The summed E-state index contributed by atoms with van der Waals surface area (Å²) in [6.45, 7) is 0. The molecular formula is C21H18ClNO6S. The quantitative estimate of drug-likeness (QED) is 0.669. The molecule has 0 unspecified atom stereocenters. The summed E-state index contributed by atoms with van der Waals surface area (Å²) in [4.78, 5) is 27.2. The molecular weight excluding hydrogens is 430 g/mol. The van der Waals surface area contributed by atoms with Crippen LogP contribution in [0.3, 0.4) is 0 Å². The van der Waals surface area contributed by atoms with Crippen LogP contribution in [0, 0.1) is 11.8 Å². The molecule has 2 amide bonds. The number of hydrogen-bond donors (Lipinski definition) is 0. The van der Waals surface area contributed by atoms with Crippen LogP contribution in [0.15, 0.2) is 52.3 Å². The number of nitrogens with zero attached hydrogens (tertiary/aromatic N) is 1. The smallest absolute Gasteiger partial charge is 0.240 e. The van der Waals surface area contributed by atoms with E-state index in [-0.39, 0.29) is 45.3 Å². The lowest BCUT2D eigenvalue weighted by atomic mass is 9.81. The second-order valence-electron chi connectivity index (χ2n) is 7.68. The summed E-state index contributed by atoms with van der Waals surface area (Å²) < 4.78 is 37.3. The summed E-state index contributed by atoms with van der Waals surface area (Å²) in [5, 5.41) is 0.414. The Hall–Kier alpha value is -2.42. The summed E-state index contributed by atoms with van der Waals surface area (Å²) in [5.41, 5.74) is 0.186. The Bertz CT molecular complexity index is 1130. The van der Waals surface area contributed by atoms with Crippen molar-refractivity contribution >= 4 is 38.9 Å². The van der Waals surface area contributed by atoms with Crippen LogP contribution < -0.4 is 9.64 Å². The van der Waals surface area contributed by atoms with Crippen molar-refractivity contribution in [2.75, 3.05) is 12.0 Å². The van der Waals surface area contributed by atoms with Gasteiger partial charge in [0.25, 0.3) is 0 Å². The predicted octanol–water partition coefficient (Wildman–Crippen LogP) is 2.85. The Morgan fingerprint density at radius 2 is 1.57 bits per heavy atom. The van der Waals surface area contributed by atoms with Gasteiger partial charge >= 0.3 is 0 Å². The van der Waals surface area contributed by atoms with E-state index in [1.54, 1.807) is 0 Å². The molecule has 3 aliphatic rings. The molecule has 0 saturated carbocycles. The summed E-state index contributed by atoms with van der Waals surface area (Å²) in [7, 11) is -2.52. The van der Waals surface area contributed by atoms with Gasteiger partial charge in [0.05, 0.1) is 46.6 Å². The topological polar surface area (TPSA) is 90.0 Å². The van der Waals surface area contributed by atoms with E-state index in [9.17, 15) is 18.0 Å². The average molecular weight is 448 g/mol. The molecule has 0 N–H and O–H groups in total. The summed E-state index contributed by atoms with van der Waals surface area (Å²) >= 11 is 5.87. The highest BCUT2D eigenvalue weighted by Crippen LogP contribution is 2.49. The lowest BCUT2D eigenvalue weighted by Crippen LogP contribution is -2.34. The van der Waals surface area contributed by atoms with Crippen LogP contribution >= 0.6 is 11.6 Å². The Morgan fingerprint density at radius 1 is 0.967 bits per heavy atom. The third kappa shape index (κ3) is 2.78. The molecule has 0 aromatic heterocycles. The number of ether oxygens (including phenoxy) is 2. The van der Waals surface area contributed by atoms with Gasteiger partial charge in [0, 0.05) is 11.1 Å². The zero-order valence-electron chi connectivity index (χ0n) is 15.9. The zero-order valence-corrected chi connectivity index (χ0v) is 17.5. The highest BCUT2D eigenvalue weighted by Gasteiger charge is 2.62. The van der Waals surface area contributed by atoms with Gasteiger partial charge in [-0.05, 0) is 49.2 Å². The van der Waals surface area contributed by atoms with Gasteiger partial charge in [-0.2, -0.15) is 0 Å².